The average molecular weight is 342 g/mol. The Balaban J connectivity index is 0.00000121. The molecule has 0 radical (unpaired) electrons. The number of aryl methyl sites for hydroxylation is 1. The summed E-state index contributed by atoms with van der Waals surface area (Å²) in [6.45, 7) is 2.43. The Bertz CT molecular complexity index is 659. The van der Waals surface area contributed by atoms with E-state index in [1.54, 1.807) is 0 Å². The maximum Gasteiger partial charge on any atom is 0.253 e. The number of carbonyl (C=O) groups is 1. The predicted molar refractivity (Wildman–Crippen MR) is 94.0 cm³/mol. The minimum atomic E-state index is -0.0731. The van der Waals surface area contributed by atoms with Gasteiger partial charge in [0.15, 0.2) is 0 Å². The molecule has 120 valence electrons. The number of halogens is 2. The van der Waals surface area contributed by atoms with E-state index in [1.165, 1.54) is 0 Å². The first-order chi connectivity index (χ1) is 9.69. The smallest absolute Gasteiger partial charge is 0.253 e. The fourth-order valence-electron chi connectivity index (χ4n) is 2.54. The predicted octanol–water partition coefficient (Wildman–Crippen LogP) is 2.85. The molecule has 1 saturated carbocycles. The van der Waals surface area contributed by atoms with Crippen LogP contribution in [0, 0.1) is 12.8 Å². The van der Waals surface area contributed by atoms with Gasteiger partial charge in [0.05, 0.1) is 11.1 Å². The number of amides is 1. The van der Waals surface area contributed by atoms with Crippen molar-refractivity contribution in [2.45, 2.75) is 25.8 Å². The molecule has 22 heavy (non-hydrogen) atoms. The van der Waals surface area contributed by atoms with Crippen molar-refractivity contribution in [2.75, 3.05) is 6.54 Å². The topological polar surface area (TPSA) is 68.0 Å². The number of pyridine rings is 1. The number of rotatable bonds is 4. The quantitative estimate of drug-likeness (QED) is 0.898. The number of carbonyl (C=O) groups excluding carboxylic acids is 1. The first kappa shape index (κ1) is 18.7. The largest absolute Gasteiger partial charge is 0.348 e. The van der Waals surface area contributed by atoms with Crippen LogP contribution in [0.15, 0.2) is 30.3 Å². The molecule has 3 N–H and O–H groups in total. The summed E-state index contributed by atoms with van der Waals surface area (Å²) in [7, 11) is 0. The second-order valence-electron chi connectivity index (χ2n) is 5.48. The summed E-state index contributed by atoms with van der Waals surface area (Å²) in [5.74, 6) is 0.477. The van der Waals surface area contributed by atoms with Gasteiger partial charge in [-0.05, 0) is 37.8 Å². The van der Waals surface area contributed by atoms with Gasteiger partial charge in [0.1, 0.15) is 0 Å². The molecule has 1 fully saturated rings. The molecule has 0 bridgehead atoms. The van der Waals surface area contributed by atoms with Gasteiger partial charge in [0, 0.05) is 23.7 Å². The minimum absolute atomic E-state index is 0. The second kappa shape index (κ2) is 7.77. The lowest BCUT2D eigenvalue weighted by Gasteiger charge is -2.16. The molecule has 2 aromatic rings. The highest BCUT2D eigenvalue weighted by Gasteiger charge is 2.31. The van der Waals surface area contributed by atoms with Gasteiger partial charge in [-0.3, -0.25) is 9.78 Å². The van der Waals surface area contributed by atoms with Crippen LogP contribution in [0.2, 0.25) is 0 Å². The molecule has 1 aliphatic carbocycles. The normalized spacial score (nSPS) is 14.6. The van der Waals surface area contributed by atoms with Crippen molar-refractivity contribution in [2.24, 2.45) is 11.7 Å². The zero-order valence-electron chi connectivity index (χ0n) is 12.4. The molecule has 4 nitrogen and oxygen atoms in total. The molecule has 1 aromatic carbocycles. The number of benzene rings is 1. The van der Waals surface area contributed by atoms with Gasteiger partial charge >= 0.3 is 0 Å². The zero-order chi connectivity index (χ0) is 14.1. The number of nitrogens with one attached hydrogen (secondary N) is 1. The molecule has 0 spiro atoms. The number of aromatic nitrogens is 1. The molecule has 1 amide bonds. The van der Waals surface area contributed by atoms with Gasteiger partial charge in [-0.15, -0.1) is 24.8 Å². The van der Waals surface area contributed by atoms with E-state index in [0.29, 0.717) is 18.0 Å². The second-order valence-corrected chi connectivity index (χ2v) is 5.48. The number of hydrogen-bond acceptors (Lipinski definition) is 3. The molecule has 1 heterocycles. The zero-order valence-corrected chi connectivity index (χ0v) is 14.0. The Hall–Kier alpha value is -1.36. The standard InChI is InChI=1S/C16H19N3O.2ClH/c1-10-5-6-12-3-2-4-13(15(12)18-10)16(20)19-14(9-17)11-7-8-11;;/h2-6,11,14H,7-9,17H2,1H3,(H,19,20);2*1H. The summed E-state index contributed by atoms with van der Waals surface area (Å²) >= 11 is 0. The van der Waals surface area contributed by atoms with Crippen LogP contribution in [-0.4, -0.2) is 23.5 Å². The lowest BCUT2D eigenvalue weighted by molar-refractivity contribution is 0.0935. The van der Waals surface area contributed by atoms with Gasteiger partial charge in [0.25, 0.3) is 5.91 Å². The molecule has 1 aliphatic rings. The van der Waals surface area contributed by atoms with Gasteiger partial charge in [-0.2, -0.15) is 0 Å². The number of fused-ring (bicyclic) bond motifs is 1. The van der Waals surface area contributed by atoms with Crippen molar-refractivity contribution in [3.8, 4) is 0 Å². The molecule has 0 saturated heterocycles. The van der Waals surface area contributed by atoms with E-state index in [0.717, 1.165) is 29.4 Å². The van der Waals surface area contributed by atoms with E-state index in [9.17, 15) is 4.79 Å². The average Bonchev–Trinajstić information content (AvgIpc) is 3.28. The van der Waals surface area contributed by atoms with Gasteiger partial charge in [-0.25, -0.2) is 0 Å². The maximum absolute atomic E-state index is 12.5. The van der Waals surface area contributed by atoms with E-state index in [2.05, 4.69) is 10.3 Å². The van der Waals surface area contributed by atoms with Gasteiger partial charge in [-0.1, -0.05) is 18.2 Å². The van der Waals surface area contributed by atoms with Crippen LogP contribution < -0.4 is 11.1 Å². The van der Waals surface area contributed by atoms with Crippen LogP contribution in [0.1, 0.15) is 28.9 Å². The van der Waals surface area contributed by atoms with Crippen LogP contribution in [0.25, 0.3) is 10.9 Å². The lowest BCUT2D eigenvalue weighted by Crippen LogP contribution is -2.41. The number of nitrogens with two attached hydrogens (primary N) is 1. The number of para-hydroxylation sites is 1. The summed E-state index contributed by atoms with van der Waals surface area (Å²) in [6.07, 6.45) is 2.32. The van der Waals surface area contributed by atoms with Crippen LogP contribution in [0.3, 0.4) is 0 Å². The molecule has 6 heteroatoms. The van der Waals surface area contributed by atoms with Crippen LogP contribution >= 0.6 is 24.8 Å². The van der Waals surface area contributed by atoms with Crippen molar-refractivity contribution in [3.05, 3.63) is 41.6 Å². The van der Waals surface area contributed by atoms with E-state index in [-0.39, 0.29) is 36.8 Å². The molecular weight excluding hydrogens is 321 g/mol. The summed E-state index contributed by atoms with van der Waals surface area (Å²) in [6, 6.07) is 9.72. The lowest BCUT2D eigenvalue weighted by atomic mass is 10.1. The highest BCUT2D eigenvalue weighted by atomic mass is 35.5. The van der Waals surface area contributed by atoms with E-state index >= 15 is 0 Å². The summed E-state index contributed by atoms with van der Waals surface area (Å²) in [5, 5.41) is 4.04. The third kappa shape index (κ3) is 3.88. The molecule has 3 rings (SSSR count). The van der Waals surface area contributed by atoms with Gasteiger partial charge < -0.3 is 11.1 Å². The fraction of sp³-hybridized carbons (Fsp3) is 0.375. The van der Waals surface area contributed by atoms with Crippen LogP contribution in [-0.2, 0) is 0 Å². The van der Waals surface area contributed by atoms with Crippen molar-refractivity contribution < 1.29 is 4.79 Å². The molecule has 1 unspecified atom stereocenters. The number of nitrogens with zero attached hydrogens (tertiary/aromatic N) is 1. The Morgan fingerprint density at radius 3 is 2.68 bits per heavy atom. The minimum Gasteiger partial charge on any atom is -0.348 e. The summed E-state index contributed by atoms with van der Waals surface area (Å²) in [5.41, 5.74) is 8.05. The molecule has 1 atom stereocenters. The highest BCUT2D eigenvalue weighted by Crippen LogP contribution is 2.32. The Morgan fingerprint density at radius 1 is 1.32 bits per heavy atom. The third-order valence-corrected chi connectivity index (χ3v) is 3.87. The third-order valence-electron chi connectivity index (χ3n) is 3.87. The summed E-state index contributed by atoms with van der Waals surface area (Å²) < 4.78 is 0. The van der Waals surface area contributed by atoms with Crippen molar-refractivity contribution in [1.29, 1.82) is 0 Å². The monoisotopic (exact) mass is 341 g/mol. The molecule has 0 aliphatic heterocycles. The van der Waals surface area contributed by atoms with Crippen molar-refractivity contribution in [3.63, 3.8) is 0 Å². The van der Waals surface area contributed by atoms with Crippen LogP contribution in [0.5, 0.6) is 0 Å². The SMILES string of the molecule is Cc1ccc2cccc(C(=O)NC(CN)C3CC3)c2n1.Cl.Cl. The van der Waals surface area contributed by atoms with Crippen molar-refractivity contribution in [1.82, 2.24) is 10.3 Å². The molecule has 1 aromatic heterocycles. The first-order valence-corrected chi connectivity index (χ1v) is 7.06. The van der Waals surface area contributed by atoms with E-state index in [4.69, 9.17) is 5.73 Å². The van der Waals surface area contributed by atoms with E-state index in [1.807, 2.05) is 37.3 Å². The highest BCUT2D eigenvalue weighted by molar-refractivity contribution is 6.05. The number of hydrogen-bond donors (Lipinski definition) is 2. The molecular formula is C16H21Cl2N3O. The Morgan fingerprint density at radius 2 is 2.05 bits per heavy atom. The fourth-order valence-corrected chi connectivity index (χ4v) is 2.54. The maximum atomic E-state index is 12.5. The van der Waals surface area contributed by atoms with Crippen LogP contribution in [0.4, 0.5) is 0 Å². The Kier molecular flexibility index (Phi) is 6.60. The van der Waals surface area contributed by atoms with Crippen molar-refractivity contribution >= 4 is 41.6 Å². The summed E-state index contributed by atoms with van der Waals surface area (Å²) in [4.78, 5) is 17.0. The van der Waals surface area contributed by atoms with E-state index < -0.39 is 0 Å². The van der Waals surface area contributed by atoms with Gasteiger partial charge in [0.2, 0.25) is 0 Å². The first-order valence-electron chi connectivity index (χ1n) is 7.06. The Labute approximate surface area is 142 Å².